The van der Waals surface area contributed by atoms with E-state index in [1.54, 1.807) is 24.2 Å². The minimum absolute atomic E-state index is 0.00343. The number of hydrogen-bond donors (Lipinski definition) is 2. The maximum absolute atomic E-state index is 14.0. The van der Waals surface area contributed by atoms with Crippen molar-refractivity contribution in [3.05, 3.63) is 57.6 Å². The zero-order valence-electron chi connectivity index (χ0n) is 54.0. The average molecular weight is 1300 g/mol. The Morgan fingerprint density at radius 3 is 1.07 bits per heavy atom. The molecular weight excluding hydrogens is 1260 g/mol. The van der Waals surface area contributed by atoms with Crippen LogP contribution < -0.4 is 16.2 Å². The summed E-state index contributed by atoms with van der Waals surface area (Å²) < 4.78 is 24.5. The summed E-state index contributed by atoms with van der Waals surface area (Å²) in [5.41, 5.74) is 8.17. The lowest BCUT2D eigenvalue weighted by molar-refractivity contribution is 0.0671. The number of terminal acetylenes is 3. The number of ether oxygens (including phenoxy) is 2. The van der Waals surface area contributed by atoms with Crippen molar-refractivity contribution in [1.29, 1.82) is 0 Å². The monoisotopic (exact) mass is 1300 g/mol. The SMILES string of the molecule is C#CC#CC#CC#CC#CC#CC#CC#CC#CC#CC#CC#CC#CC#CC#C.C#CC#CC#CC#CC#CC#CC#CC#CC#CC#CC#CC#CC#CC#CC#CC.NC(=NC(=O)c1c(F)cncc1C1CC1)N1CCOCC1.O=c1[nH]c(N2CCOCC2)nc2cncc(C3CC3)c12. The molecule has 0 aromatic carbocycles. The number of H-pyrrole nitrogens is 1. The first-order valence-electron chi connectivity index (χ1n) is 29.2. The van der Waals surface area contributed by atoms with E-state index in [-0.39, 0.29) is 23.0 Å². The molecule has 5 heterocycles. The van der Waals surface area contributed by atoms with Crippen LogP contribution in [0.25, 0.3) is 10.9 Å². The van der Waals surface area contributed by atoms with Gasteiger partial charge in [0.15, 0.2) is 11.8 Å². The fraction of sp³-hybridized carbons (Fsp3) is 0.169. The fourth-order valence-electron chi connectivity index (χ4n) is 6.84. The van der Waals surface area contributed by atoms with Gasteiger partial charge in [0.1, 0.15) is 0 Å². The number of guanidine groups is 1. The van der Waals surface area contributed by atoms with Crippen LogP contribution in [0, 0.1) is 363 Å². The molecule has 0 atom stereocenters. The zero-order valence-corrected chi connectivity index (χ0v) is 54.0. The molecule has 2 saturated carbocycles. The Morgan fingerprint density at radius 2 is 0.745 bits per heavy atom. The number of amides is 1. The first-order valence-corrected chi connectivity index (χ1v) is 29.2. The van der Waals surface area contributed by atoms with Crippen LogP contribution in [-0.4, -0.2) is 89.3 Å². The number of hydrogen-bond acceptors (Lipinski definition) is 8. The summed E-state index contributed by atoms with van der Waals surface area (Å²) in [6, 6.07) is 0. The number of pyridine rings is 2. The third kappa shape index (κ3) is 36.2. The Balaban J connectivity index is 0.000000292. The second-order valence-electron chi connectivity index (χ2n) is 17.9. The Hall–Kier alpha value is -17.2. The molecule has 0 unspecified atom stereocenters. The third-order valence-corrected chi connectivity index (χ3v) is 11.2. The molecule has 0 bridgehead atoms. The molecule has 3 N–H and O–H groups in total. The van der Waals surface area contributed by atoms with Crippen LogP contribution in [0.3, 0.4) is 0 Å². The number of halogens is 1. The summed E-state index contributed by atoms with van der Waals surface area (Å²) >= 11 is 0. The number of nitrogens with two attached hydrogens (primary N) is 1. The van der Waals surface area contributed by atoms with Crippen molar-refractivity contribution < 1.29 is 18.7 Å². The highest BCUT2D eigenvalue weighted by molar-refractivity contribution is 6.03. The Bertz CT molecular complexity index is 5840. The molecule has 1 amide bonds. The van der Waals surface area contributed by atoms with E-state index in [1.165, 1.54) is 0 Å². The summed E-state index contributed by atoms with van der Waals surface area (Å²) in [4.78, 5) is 47.9. The van der Waals surface area contributed by atoms with E-state index in [0.717, 1.165) is 50.5 Å². The highest BCUT2D eigenvalue weighted by atomic mass is 19.1. The molecule has 466 valence electrons. The number of aliphatic imine (C=N–C) groups is 1. The predicted octanol–water partition coefficient (Wildman–Crippen LogP) is 2.90. The van der Waals surface area contributed by atoms with Crippen molar-refractivity contribution in [2.45, 2.75) is 44.4 Å². The van der Waals surface area contributed by atoms with E-state index in [1.807, 2.05) is 11.1 Å². The van der Waals surface area contributed by atoms with Gasteiger partial charge in [0.25, 0.3) is 11.5 Å². The van der Waals surface area contributed by atoms with Crippen molar-refractivity contribution in [3.8, 4) is 357 Å². The third-order valence-electron chi connectivity index (χ3n) is 11.2. The van der Waals surface area contributed by atoms with Crippen LogP contribution in [0.5, 0.6) is 0 Å². The Morgan fingerprint density at radius 1 is 0.451 bits per heavy atom. The second kappa shape index (κ2) is 52.3. The first kappa shape index (κ1) is 77.3. The maximum Gasteiger partial charge on any atom is 0.283 e. The molecule has 4 fully saturated rings. The van der Waals surface area contributed by atoms with Gasteiger partial charge in [0.05, 0.1) is 55.3 Å². The van der Waals surface area contributed by atoms with Crippen LogP contribution in [0.1, 0.15) is 65.9 Å². The number of aromatic amines is 1. The number of aromatic nitrogens is 4. The molecule has 0 spiro atoms. The number of rotatable bonds is 4. The lowest BCUT2D eigenvalue weighted by atomic mass is 10.1. The van der Waals surface area contributed by atoms with Gasteiger partial charge >= 0.3 is 0 Å². The molecule has 4 aliphatic rings. The van der Waals surface area contributed by atoms with Gasteiger partial charge in [0.2, 0.25) is 5.95 Å². The fourth-order valence-corrected chi connectivity index (χ4v) is 6.84. The smallest absolute Gasteiger partial charge is 0.283 e. The number of nitrogens with zero attached hydrogens (tertiary/aromatic N) is 6. The number of nitrogens with one attached hydrogen (secondary N) is 1. The number of carbonyl (C=O) groups excluding carboxylic acids is 1. The zero-order chi connectivity index (χ0) is 72.7. The van der Waals surface area contributed by atoms with Crippen LogP contribution in [0.4, 0.5) is 10.3 Å². The molecule has 12 nitrogen and oxygen atoms in total. The highest BCUT2D eigenvalue weighted by Crippen LogP contribution is 2.42. The van der Waals surface area contributed by atoms with Gasteiger partial charge in [-0.05, 0) is 245 Å². The van der Waals surface area contributed by atoms with Gasteiger partial charge in [-0.15, -0.1) is 19.3 Å². The van der Waals surface area contributed by atoms with Crippen LogP contribution in [0.2, 0.25) is 0 Å². The van der Waals surface area contributed by atoms with Crippen LogP contribution >= 0.6 is 0 Å². The van der Waals surface area contributed by atoms with E-state index in [9.17, 15) is 14.0 Å². The van der Waals surface area contributed by atoms with E-state index >= 15 is 0 Å². The van der Waals surface area contributed by atoms with Crippen molar-refractivity contribution in [3.63, 3.8) is 0 Å². The standard InChI is InChI=1S/C31H4.C30H2.C14H17FN4O2.C14H16N4O2/c1-3-5-7-9-11-13-15-17-19-21-23-25-27-29-31-30-28-26-24-22-20-18-16-14-12-10-8-6-4-2;1-3-5-7-9-11-13-15-17-19-21-23-25-27-29-30-28-26-24-22-20-18-16-14-12-10-8-6-4-2;15-11-8-17-7-10(9-1-2-9)12(11)13(20)18-14(16)19-3-5-21-6-4-19;19-13-12-10(9-1-2-9)7-15-8-11(12)16-14(17-13)18-3-5-20-6-4-18/h1H,2H3;1-2H;7-9H,1-6H2,(H2,16,18,20);7-9H,1-6H2,(H,16,17,19). The topological polar surface area (TPSA) is 152 Å². The average Bonchev–Trinajstić information content (AvgIpc) is 1.55. The molecule has 13 heteroatoms. The van der Waals surface area contributed by atoms with E-state index < -0.39 is 11.7 Å². The molecule has 2 aliphatic heterocycles. The number of fused-ring (bicyclic) bond motifs is 1. The van der Waals surface area contributed by atoms with Crippen molar-refractivity contribution in [1.82, 2.24) is 24.8 Å². The summed E-state index contributed by atoms with van der Waals surface area (Å²) in [5, 5.41) is 0.708. The van der Waals surface area contributed by atoms with Gasteiger partial charge < -0.3 is 25.0 Å². The number of morpholine rings is 2. The molecule has 7 rings (SSSR count). The van der Waals surface area contributed by atoms with Crippen LogP contribution in [-0.2, 0) is 9.47 Å². The summed E-state index contributed by atoms with van der Waals surface area (Å²) in [6.07, 6.45) is 25.0. The first-order chi connectivity index (χ1) is 50.3. The summed E-state index contributed by atoms with van der Waals surface area (Å²) in [7, 11) is 0. The summed E-state index contributed by atoms with van der Waals surface area (Å²) in [6.45, 7) is 6.78. The van der Waals surface area contributed by atoms with E-state index in [4.69, 9.17) is 34.5 Å². The predicted molar refractivity (Wildman–Crippen MR) is 392 cm³/mol. The molecular formula is C89H39FN8O4. The van der Waals surface area contributed by atoms with Gasteiger partial charge in [-0.1, -0.05) is 5.92 Å². The molecule has 3 aromatic rings. The quantitative estimate of drug-likeness (QED) is 0.227. The molecule has 2 aliphatic carbocycles. The number of anilines is 1. The van der Waals surface area contributed by atoms with Gasteiger partial charge in [-0.25, -0.2) is 9.37 Å². The molecule has 3 aromatic heterocycles. The highest BCUT2D eigenvalue weighted by Gasteiger charge is 2.31. The Kier molecular flexibility index (Phi) is 39.7. The number of carbonyl (C=O) groups is 1. The lowest BCUT2D eigenvalue weighted by Crippen LogP contribution is -2.45. The minimum atomic E-state index is -0.638. The maximum atomic E-state index is 14.0. The van der Waals surface area contributed by atoms with Crippen LogP contribution in [0.15, 0.2) is 34.6 Å². The van der Waals surface area contributed by atoms with E-state index in [2.05, 4.69) is 362 Å². The van der Waals surface area contributed by atoms with E-state index in [0.29, 0.717) is 67.8 Å². The lowest BCUT2D eigenvalue weighted by Gasteiger charge is -2.27. The largest absolute Gasteiger partial charge is 0.378 e. The van der Waals surface area contributed by atoms with Gasteiger partial charge in [-0.2, -0.15) is 4.99 Å². The molecule has 2 saturated heterocycles. The molecule has 0 radical (unpaired) electrons. The summed E-state index contributed by atoms with van der Waals surface area (Å²) in [5.74, 6) is 140. The van der Waals surface area contributed by atoms with Gasteiger partial charge in [-0.3, -0.25) is 24.5 Å². The Labute approximate surface area is 596 Å². The minimum Gasteiger partial charge on any atom is -0.378 e. The van der Waals surface area contributed by atoms with Crippen molar-refractivity contribution in [2.24, 2.45) is 10.7 Å². The second-order valence-corrected chi connectivity index (χ2v) is 17.9. The molecule has 102 heavy (non-hydrogen) atoms. The van der Waals surface area contributed by atoms with Gasteiger partial charge in [0, 0.05) is 181 Å². The van der Waals surface area contributed by atoms with Crippen molar-refractivity contribution in [2.75, 3.05) is 57.5 Å². The normalized spacial score (nSPS) is 10.2. The van der Waals surface area contributed by atoms with Crippen molar-refractivity contribution >= 4 is 28.7 Å².